The second kappa shape index (κ2) is 8.11. The predicted molar refractivity (Wildman–Crippen MR) is 164 cm³/mol. The number of benzene rings is 6. The first kappa shape index (κ1) is 21.6. The van der Waals surface area contributed by atoms with E-state index in [1.807, 2.05) is 6.07 Å². The number of para-hydroxylation sites is 4. The van der Waals surface area contributed by atoms with Gasteiger partial charge in [-0.05, 0) is 59.7 Å². The van der Waals surface area contributed by atoms with E-state index < -0.39 is 0 Å². The van der Waals surface area contributed by atoms with Gasteiger partial charge in [0.15, 0.2) is 5.58 Å². The van der Waals surface area contributed by atoms with Crippen molar-refractivity contribution in [2.45, 2.75) is 5.92 Å². The molecule has 1 unspecified atom stereocenters. The minimum absolute atomic E-state index is 0.0786. The van der Waals surface area contributed by atoms with Crippen LogP contribution in [0.1, 0.15) is 22.6 Å². The highest BCUT2D eigenvalue weighted by Gasteiger charge is 2.41. The maximum Gasteiger partial charge on any atom is 0.159 e. The Balaban J connectivity index is 1.43. The number of hydrogen-bond acceptors (Lipinski definition) is 3. The van der Waals surface area contributed by atoms with Crippen LogP contribution in [0.25, 0.3) is 21.9 Å². The molecule has 2 aliphatic heterocycles. The lowest BCUT2D eigenvalue weighted by Crippen LogP contribution is -2.29. The van der Waals surface area contributed by atoms with Crippen LogP contribution < -0.4 is 9.80 Å². The van der Waals surface area contributed by atoms with Crippen molar-refractivity contribution in [1.82, 2.24) is 0 Å². The van der Waals surface area contributed by atoms with E-state index in [1.165, 1.54) is 33.8 Å². The van der Waals surface area contributed by atoms with Crippen molar-refractivity contribution >= 4 is 56.1 Å². The van der Waals surface area contributed by atoms with Gasteiger partial charge in [0.1, 0.15) is 5.58 Å². The quantitative estimate of drug-likeness (QED) is 0.230. The Morgan fingerprint density at radius 3 is 1.88 bits per heavy atom. The standard InChI is InChI=1S/C37H24N2O/c1-3-12-24(13-4-1)38-30-18-9-7-17-28(30)34-29-23-22-27-26-16-8-10-21-33(26)40-37(27)36(29)39(25-14-5-2-6-15-25)32-20-11-19-31(38)35(32)34/h1-23,34H. The van der Waals surface area contributed by atoms with Crippen LogP contribution in [0, 0.1) is 0 Å². The highest BCUT2D eigenvalue weighted by molar-refractivity contribution is 6.12. The molecule has 0 aliphatic carbocycles. The number of nitrogens with zero attached hydrogens (tertiary/aromatic N) is 2. The van der Waals surface area contributed by atoms with Gasteiger partial charge in [0.25, 0.3) is 0 Å². The molecule has 3 nitrogen and oxygen atoms in total. The van der Waals surface area contributed by atoms with E-state index in [0.717, 1.165) is 39.0 Å². The van der Waals surface area contributed by atoms with Crippen LogP contribution in [-0.4, -0.2) is 0 Å². The van der Waals surface area contributed by atoms with E-state index in [0.29, 0.717) is 0 Å². The average Bonchev–Trinajstić information content (AvgIpc) is 3.41. The summed E-state index contributed by atoms with van der Waals surface area (Å²) in [5.41, 5.74) is 12.7. The Kier molecular flexibility index (Phi) is 4.39. The highest BCUT2D eigenvalue weighted by Crippen LogP contribution is 2.61. The average molecular weight is 513 g/mol. The number of rotatable bonds is 2. The first-order valence-electron chi connectivity index (χ1n) is 13.7. The lowest BCUT2D eigenvalue weighted by Gasteiger charge is -2.44. The maximum atomic E-state index is 6.69. The summed E-state index contributed by atoms with van der Waals surface area (Å²) in [6, 6.07) is 49.9. The Labute approximate surface area is 232 Å². The molecule has 0 spiro atoms. The van der Waals surface area contributed by atoms with Crippen molar-refractivity contribution in [3.8, 4) is 0 Å². The lowest BCUT2D eigenvalue weighted by atomic mass is 9.75. The second-order valence-electron chi connectivity index (χ2n) is 10.5. The van der Waals surface area contributed by atoms with Crippen LogP contribution in [0.2, 0.25) is 0 Å². The molecule has 9 rings (SSSR count). The zero-order valence-corrected chi connectivity index (χ0v) is 21.7. The van der Waals surface area contributed by atoms with E-state index in [9.17, 15) is 0 Å². The highest BCUT2D eigenvalue weighted by atomic mass is 16.3. The van der Waals surface area contributed by atoms with Gasteiger partial charge in [-0.2, -0.15) is 0 Å². The van der Waals surface area contributed by atoms with Gasteiger partial charge in [-0.1, -0.05) is 91.0 Å². The van der Waals surface area contributed by atoms with Crippen molar-refractivity contribution in [2.24, 2.45) is 0 Å². The number of anilines is 6. The van der Waals surface area contributed by atoms with E-state index in [2.05, 4.69) is 143 Å². The summed E-state index contributed by atoms with van der Waals surface area (Å²) in [5.74, 6) is 0.0786. The van der Waals surface area contributed by atoms with Gasteiger partial charge in [0.2, 0.25) is 0 Å². The normalized spacial score (nSPS) is 15.2. The minimum Gasteiger partial charge on any atom is -0.454 e. The molecule has 0 radical (unpaired) electrons. The van der Waals surface area contributed by atoms with E-state index in [1.54, 1.807) is 0 Å². The second-order valence-corrected chi connectivity index (χ2v) is 10.5. The number of furan rings is 1. The maximum absolute atomic E-state index is 6.69. The summed E-state index contributed by atoms with van der Waals surface area (Å²) in [6.45, 7) is 0. The number of fused-ring (bicyclic) bond motifs is 8. The summed E-state index contributed by atoms with van der Waals surface area (Å²) in [7, 11) is 0. The van der Waals surface area contributed by atoms with Gasteiger partial charge in [-0.3, -0.25) is 0 Å². The van der Waals surface area contributed by atoms with Gasteiger partial charge < -0.3 is 14.2 Å². The van der Waals surface area contributed by atoms with Crippen LogP contribution >= 0.6 is 0 Å². The molecule has 2 aliphatic rings. The fraction of sp³-hybridized carbons (Fsp3) is 0.0270. The molecule has 3 heterocycles. The Morgan fingerprint density at radius 1 is 0.450 bits per heavy atom. The van der Waals surface area contributed by atoms with Gasteiger partial charge >= 0.3 is 0 Å². The third kappa shape index (κ3) is 2.84. The smallest absolute Gasteiger partial charge is 0.159 e. The van der Waals surface area contributed by atoms with Crippen molar-refractivity contribution in [1.29, 1.82) is 0 Å². The largest absolute Gasteiger partial charge is 0.454 e. The topological polar surface area (TPSA) is 19.6 Å². The summed E-state index contributed by atoms with van der Waals surface area (Å²) < 4.78 is 6.69. The van der Waals surface area contributed by atoms with Crippen molar-refractivity contribution in [2.75, 3.05) is 9.80 Å². The van der Waals surface area contributed by atoms with Crippen LogP contribution in [-0.2, 0) is 0 Å². The van der Waals surface area contributed by atoms with Gasteiger partial charge in [-0.15, -0.1) is 0 Å². The van der Waals surface area contributed by atoms with Crippen molar-refractivity contribution in [3.63, 3.8) is 0 Å². The Hall–Kier alpha value is -5.28. The Bertz CT molecular complexity index is 2080. The molecule has 40 heavy (non-hydrogen) atoms. The van der Waals surface area contributed by atoms with E-state index in [4.69, 9.17) is 4.42 Å². The van der Waals surface area contributed by atoms with Gasteiger partial charge in [0, 0.05) is 33.6 Å². The molecule has 0 N–H and O–H groups in total. The Morgan fingerprint density at radius 2 is 1.07 bits per heavy atom. The van der Waals surface area contributed by atoms with Crippen LogP contribution in [0.4, 0.5) is 34.1 Å². The van der Waals surface area contributed by atoms with Crippen molar-refractivity contribution in [3.05, 3.63) is 156 Å². The molecule has 0 saturated heterocycles. The summed E-state index contributed by atoms with van der Waals surface area (Å²) in [6.07, 6.45) is 0. The molecular formula is C37H24N2O. The summed E-state index contributed by atoms with van der Waals surface area (Å²) in [4.78, 5) is 4.82. The van der Waals surface area contributed by atoms with Gasteiger partial charge in [0.05, 0.1) is 22.7 Å². The molecule has 7 aromatic rings. The van der Waals surface area contributed by atoms with Crippen LogP contribution in [0.3, 0.4) is 0 Å². The van der Waals surface area contributed by atoms with E-state index >= 15 is 0 Å². The molecule has 0 saturated carbocycles. The molecule has 188 valence electrons. The fourth-order valence-corrected chi connectivity index (χ4v) is 6.84. The SMILES string of the molecule is c1ccc(N2c3ccccc3C3c4ccc5c(oc6ccccc65)c4N(c4ccccc4)c4cccc2c43)cc1. The fourth-order valence-electron chi connectivity index (χ4n) is 6.84. The molecule has 6 aromatic carbocycles. The van der Waals surface area contributed by atoms with Crippen LogP contribution in [0.5, 0.6) is 0 Å². The molecule has 1 atom stereocenters. The zero-order chi connectivity index (χ0) is 26.2. The molecule has 3 heteroatoms. The molecule has 1 aromatic heterocycles. The predicted octanol–water partition coefficient (Wildman–Crippen LogP) is 10.3. The molecule has 0 bridgehead atoms. The first-order chi connectivity index (χ1) is 19.9. The lowest BCUT2D eigenvalue weighted by molar-refractivity contribution is 0.667. The summed E-state index contributed by atoms with van der Waals surface area (Å²) in [5, 5.41) is 2.29. The monoisotopic (exact) mass is 512 g/mol. The number of hydrogen-bond donors (Lipinski definition) is 0. The third-order valence-electron chi connectivity index (χ3n) is 8.43. The summed E-state index contributed by atoms with van der Waals surface area (Å²) >= 11 is 0. The van der Waals surface area contributed by atoms with Crippen molar-refractivity contribution < 1.29 is 4.42 Å². The third-order valence-corrected chi connectivity index (χ3v) is 8.43. The first-order valence-corrected chi connectivity index (χ1v) is 13.7. The van der Waals surface area contributed by atoms with Gasteiger partial charge in [-0.25, -0.2) is 0 Å². The minimum atomic E-state index is 0.0786. The van der Waals surface area contributed by atoms with Crippen LogP contribution in [0.15, 0.2) is 144 Å². The molecule has 0 fully saturated rings. The zero-order valence-electron chi connectivity index (χ0n) is 21.7. The molecular weight excluding hydrogens is 488 g/mol. The molecule has 0 amide bonds. The van der Waals surface area contributed by atoms with E-state index in [-0.39, 0.29) is 5.92 Å².